The van der Waals surface area contributed by atoms with Crippen LogP contribution in [0.25, 0.3) is 0 Å². The van der Waals surface area contributed by atoms with Crippen molar-refractivity contribution in [2.75, 3.05) is 0 Å². The molecule has 0 saturated carbocycles. The summed E-state index contributed by atoms with van der Waals surface area (Å²) in [4.78, 5) is 0. The van der Waals surface area contributed by atoms with Gasteiger partial charge in [-0.2, -0.15) is 0 Å². The average molecular weight is 265 g/mol. The summed E-state index contributed by atoms with van der Waals surface area (Å²) >= 11 is 0. The Morgan fingerprint density at radius 3 is 2.00 bits per heavy atom. The van der Waals surface area contributed by atoms with E-state index in [-0.39, 0.29) is 11.1 Å². The Morgan fingerprint density at radius 2 is 1.47 bits per heavy atom. The van der Waals surface area contributed by atoms with E-state index in [2.05, 4.69) is 0 Å². The predicted octanol–water partition coefficient (Wildman–Crippen LogP) is 3.77. The average Bonchev–Trinajstić information content (AvgIpc) is 2.25. The van der Waals surface area contributed by atoms with Crippen LogP contribution < -0.4 is 5.73 Å². The van der Waals surface area contributed by atoms with Gasteiger partial charge in [-0.25, -0.2) is 13.2 Å². The van der Waals surface area contributed by atoms with E-state index >= 15 is 0 Å². The zero-order valence-corrected chi connectivity index (χ0v) is 10.7. The zero-order chi connectivity index (χ0) is 14.2. The van der Waals surface area contributed by atoms with Gasteiger partial charge >= 0.3 is 0 Å². The van der Waals surface area contributed by atoms with Gasteiger partial charge in [0.25, 0.3) is 0 Å². The predicted molar refractivity (Wildman–Crippen MR) is 68.3 cm³/mol. The van der Waals surface area contributed by atoms with Gasteiger partial charge in [0.15, 0.2) is 0 Å². The molecule has 2 rings (SSSR count). The van der Waals surface area contributed by atoms with Crippen molar-refractivity contribution in [3.8, 4) is 0 Å². The minimum absolute atomic E-state index is 0.211. The van der Waals surface area contributed by atoms with Gasteiger partial charge in [0.1, 0.15) is 17.5 Å². The van der Waals surface area contributed by atoms with Crippen LogP contribution in [0.1, 0.15) is 28.3 Å². The van der Waals surface area contributed by atoms with Gasteiger partial charge in [0.05, 0.1) is 6.04 Å². The van der Waals surface area contributed by atoms with Crippen molar-refractivity contribution in [3.05, 3.63) is 70.0 Å². The summed E-state index contributed by atoms with van der Waals surface area (Å²) in [7, 11) is 0. The van der Waals surface area contributed by atoms with Crippen LogP contribution >= 0.6 is 0 Å². The SMILES string of the molecule is Cc1cc(C)c(C(N)c2cc(F)cc(F)c2)c(F)c1. The number of hydrogen-bond acceptors (Lipinski definition) is 1. The third-order valence-corrected chi connectivity index (χ3v) is 3.04. The molecule has 0 aliphatic rings. The van der Waals surface area contributed by atoms with Crippen LogP contribution in [-0.2, 0) is 0 Å². The highest BCUT2D eigenvalue weighted by atomic mass is 19.1. The second-order valence-corrected chi connectivity index (χ2v) is 4.66. The van der Waals surface area contributed by atoms with Crippen LogP contribution in [0.3, 0.4) is 0 Å². The number of benzene rings is 2. The number of rotatable bonds is 2. The summed E-state index contributed by atoms with van der Waals surface area (Å²) in [5.74, 6) is -1.92. The molecule has 0 bridgehead atoms. The Labute approximate surface area is 109 Å². The van der Waals surface area contributed by atoms with Crippen molar-refractivity contribution < 1.29 is 13.2 Å². The summed E-state index contributed by atoms with van der Waals surface area (Å²) in [6, 6.07) is 5.24. The lowest BCUT2D eigenvalue weighted by molar-refractivity contribution is 0.570. The van der Waals surface area contributed by atoms with E-state index in [4.69, 9.17) is 5.73 Å². The molecule has 19 heavy (non-hydrogen) atoms. The first-order chi connectivity index (χ1) is 8.88. The Morgan fingerprint density at radius 1 is 0.895 bits per heavy atom. The third kappa shape index (κ3) is 2.79. The maximum Gasteiger partial charge on any atom is 0.128 e. The van der Waals surface area contributed by atoms with E-state index in [0.717, 1.165) is 23.8 Å². The molecular weight excluding hydrogens is 251 g/mol. The summed E-state index contributed by atoms with van der Waals surface area (Å²) in [5, 5.41) is 0. The maximum absolute atomic E-state index is 14.0. The van der Waals surface area contributed by atoms with E-state index in [9.17, 15) is 13.2 Å². The monoisotopic (exact) mass is 265 g/mol. The molecule has 1 unspecified atom stereocenters. The highest BCUT2D eigenvalue weighted by molar-refractivity contribution is 5.39. The van der Waals surface area contributed by atoms with Gasteiger partial charge in [0, 0.05) is 11.6 Å². The number of nitrogens with two attached hydrogens (primary N) is 1. The molecule has 2 aromatic carbocycles. The van der Waals surface area contributed by atoms with Gasteiger partial charge in [0.2, 0.25) is 0 Å². The molecule has 4 heteroatoms. The molecular formula is C15H14F3N. The standard InChI is InChI=1S/C15H14F3N/c1-8-3-9(2)14(13(18)4-8)15(19)10-5-11(16)7-12(17)6-10/h3-7,15H,19H2,1-2H3. The molecule has 2 aromatic rings. The third-order valence-electron chi connectivity index (χ3n) is 3.04. The molecule has 1 atom stereocenters. The highest BCUT2D eigenvalue weighted by Gasteiger charge is 2.18. The van der Waals surface area contributed by atoms with Gasteiger partial charge in [-0.15, -0.1) is 0 Å². The molecule has 0 aliphatic carbocycles. The second-order valence-electron chi connectivity index (χ2n) is 4.66. The molecule has 0 aliphatic heterocycles. The topological polar surface area (TPSA) is 26.0 Å². The van der Waals surface area contributed by atoms with Gasteiger partial charge in [-0.3, -0.25) is 0 Å². The van der Waals surface area contributed by atoms with Crippen LogP contribution in [0.2, 0.25) is 0 Å². The highest BCUT2D eigenvalue weighted by Crippen LogP contribution is 2.27. The fourth-order valence-corrected chi connectivity index (χ4v) is 2.24. The summed E-state index contributed by atoms with van der Waals surface area (Å²) < 4.78 is 40.3. The lowest BCUT2D eigenvalue weighted by Crippen LogP contribution is -2.16. The molecule has 2 N–H and O–H groups in total. The van der Waals surface area contributed by atoms with Crippen molar-refractivity contribution in [1.82, 2.24) is 0 Å². The summed E-state index contributed by atoms with van der Waals surface area (Å²) in [6.45, 7) is 3.49. The van der Waals surface area contributed by atoms with Crippen LogP contribution in [-0.4, -0.2) is 0 Å². The van der Waals surface area contributed by atoms with Crippen molar-refractivity contribution in [2.45, 2.75) is 19.9 Å². The van der Waals surface area contributed by atoms with E-state index < -0.39 is 23.5 Å². The first-order valence-corrected chi connectivity index (χ1v) is 5.86. The molecule has 1 nitrogen and oxygen atoms in total. The van der Waals surface area contributed by atoms with Crippen LogP contribution in [0.4, 0.5) is 13.2 Å². The fraction of sp³-hybridized carbons (Fsp3) is 0.200. The Kier molecular flexibility index (Phi) is 3.62. The molecule has 100 valence electrons. The quantitative estimate of drug-likeness (QED) is 0.878. The summed E-state index contributed by atoms with van der Waals surface area (Å²) in [6.07, 6.45) is 0. The fourth-order valence-electron chi connectivity index (χ4n) is 2.24. The molecule has 0 aromatic heterocycles. The minimum atomic E-state index is -0.897. The van der Waals surface area contributed by atoms with Crippen molar-refractivity contribution in [1.29, 1.82) is 0 Å². The lowest BCUT2D eigenvalue weighted by Gasteiger charge is -2.17. The van der Waals surface area contributed by atoms with E-state index in [1.807, 2.05) is 0 Å². The molecule has 0 fully saturated rings. The molecule has 0 heterocycles. The molecule has 0 spiro atoms. The van der Waals surface area contributed by atoms with E-state index in [0.29, 0.717) is 5.56 Å². The Balaban J connectivity index is 2.52. The Hall–Kier alpha value is -1.81. The number of hydrogen-bond donors (Lipinski definition) is 1. The largest absolute Gasteiger partial charge is 0.320 e. The minimum Gasteiger partial charge on any atom is -0.320 e. The van der Waals surface area contributed by atoms with Crippen LogP contribution in [0.5, 0.6) is 0 Å². The smallest absolute Gasteiger partial charge is 0.128 e. The van der Waals surface area contributed by atoms with Crippen molar-refractivity contribution in [3.63, 3.8) is 0 Å². The second kappa shape index (κ2) is 5.05. The summed E-state index contributed by atoms with van der Waals surface area (Å²) in [5.41, 5.74) is 7.84. The first-order valence-electron chi connectivity index (χ1n) is 5.86. The molecule has 0 amide bonds. The maximum atomic E-state index is 14.0. The van der Waals surface area contributed by atoms with Gasteiger partial charge < -0.3 is 5.73 Å². The molecule has 0 saturated heterocycles. The number of halogens is 3. The molecule has 0 radical (unpaired) electrons. The number of aryl methyl sites for hydroxylation is 2. The lowest BCUT2D eigenvalue weighted by atomic mass is 9.94. The van der Waals surface area contributed by atoms with Crippen LogP contribution in [0, 0.1) is 31.3 Å². The van der Waals surface area contributed by atoms with Gasteiger partial charge in [-0.1, -0.05) is 6.07 Å². The van der Waals surface area contributed by atoms with Crippen LogP contribution in [0.15, 0.2) is 30.3 Å². The van der Waals surface area contributed by atoms with Crippen molar-refractivity contribution >= 4 is 0 Å². The first kappa shape index (κ1) is 13.6. The zero-order valence-electron chi connectivity index (χ0n) is 10.7. The normalized spacial score (nSPS) is 12.5. The van der Waals surface area contributed by atoms with Crippen molar-refractivity contribution in [2.24, 2.45) is 5.73 Å². The Bertz CT molecular complexity index is 580. The van der Waals surface area contributed by atoms with E-state index in [1.165, 1.54) is 6.07 Å². The van der Waals surface area contributed by atoms with Gasteiger partial charge in [-0.05, 0) is 48.7 Å². The van der Waals surface area contributed by atoms with E-state index in [1.54, 1.807) is 19.9 Å².